The largest absolute Gasteiger partial charge is 0.466 e. The van der Waals surface area contributed by atoms with Gasteiger partial charge in [0.1, 0.15) is 30.4 Å². The predicted octanol–water partition coefficient (Wildman–Crippen LogP) is 0.296. The predicted molar refractivity (Wildman–Crippen MR) is 89.4 cm³/mol. The lowest BCUT2D eigenvalue weighted by Crippen LogP contribution is -2.33. The Morgan fingerprint density at radius 1 is 1.23 bits per heavy atom. The molecule has 0 amide bonds. The zero-order chi connectivity index (χ0) is 18.3. The van der Waals surface area contributed by atoms with Crippen molar-refractivity contribution in [2.75, 3.05) is 11.9 Å². The molecule has 1 aliphatic heterocycles. The van der Waals surface area contributed by atoms with E-state index in [0.29, 0.717) is 34.3 Å². The van der Waals surface area contributed by atoms with Crippen LogP contribution in [0.2, 0.25) is 5.02 Å². The van der Waals surface area contributed by atoms with Gasteiger partial charge in [-0.3, -0.25) is 4.57 Å². The number of anilines is 1. The molecule has 1 aliphatic rings. The van der Waals surface area contributed by atoms with E-state index in [1.54, 1.807) is 6.07 Å². The summed E-state index contributed by atoms with van der Waals surface area (Å²) >= 11 is 6.00. The number of hydrogen-bond donors (Lipinski definition) is 4. The van der Waals surface area contributed by atoms with E-state index in [4.69, 9.17) is 20.8 Å². The van der Waals surface area contributed by atoms with Gasteiger partial charge in [-0.25, -0.2) is 15.0 Å². The van der Waals surface area contributed by atoms with Gasteiger partial charge in [-0.05, 0) is 6.07 Å². The molecule has 4 N–H and O–H groups in total. The Morgan fingerprint density at radius 3 is 2.77 bits per heavy atom. The van der Waals surface area contributed by atoms with Crippen molar-refractivity contribution in [3.05, 3.63) is 35.8 Å². The lowest BCUT2D eigenvalue weighted by molar-refractivity contribution is -0.0511. The first-order valence-corrected chi connectivity index (χ1v) is 8.23. The molecule has 0 spiro atoms. The van der Waals surface area contributed by atoms with E-state index in [9.17, 15) is 15.3 Å². The van der Waals surface area contributed by atoms with Crippen LogP contribution >= 0.6 is 11.6 Å². The van der Waals surface area contributed by atoms with Gasteiger partial charge < -0.3 is 29.8 Å². The van der Waals surface area contributed by atoms with Crippen LogP contribution in [0.3, 0.4) is 0 Å². The Bertz CT molecular complexity index is 915. The number of nitrogens with zero attached hydrogens (tertiary/aromatic N) is 4. The maximum absolute atomic E-state index is 10.2. The molecular weight excluding hydrogens is 366 g/mol. The highest BCUT2D eigenvalue weighted by atomic mass is 35.5. The van der Waals surface area contributed by atoms with Crippen LogP contribution in [0.1, 0.15) is 12.0 Å². The number of aliphatic hydroxyl groups excluding tert-OH is 3. The van der Waals surface area contributed by atoms with Gasteiger partial charge in [0.25, 0.3) is 0 Å². The van der Waals surface area contributed by atoms with Crippen molar-refractivity contribution >= 4 is 28.6 Å². The molecule has 11 heteroatoms. The molecule has 1 unspecified atom stereocenters. The van der Waals surface area contributed by atoms with Crippen molar-refractivity contribution in [2.24, 2.45) is 0 Å². The number of ether oxygens (including phenoxy) is 1. The summed E-state index contributed by atoms with van der Waals surface area (Å²) in [5, 5.41) is 32.9. The number of aliphatic hydroxyl groups is 3. The Morgan fingerprint density at radius 2 is 2.08 bits per heavy atom. The molecule has 0 aliphatic carbocycles. The van der Waals surface area contributed by atoms with Crippen molar-refractivity contribution in [2.45, 2.75) is 31.1 Å². The maximum Gasteiger partial charge on any atom is 0.167 e. The molecule has 0 saturated carbocycles. The summed E-state index contributed by atoms with van der Waals surface area (Å²) in [5.74, 6) is 1.01. The number of rotatable bonds is 5. The third kappa shape index (κ3) is 2.81. The molecule has 0 aromatic carbocycles. The highest BCUT2D eigenvalue weighted by molar-refractivity contribution is 6.31. The van der Waals surface area contributed by atoms with E-state index in [2.05, 4.69) is 20.3 Å². The summed E-state index contributed by atoms with van der Waals surface area (Å²) in [6, 6.07) is 1.64. The zero-order valence-electron chi connectivity index (χ0n) is 13.4. The Kier molecular flexibility index (Phi) is 4.51. The average molecular weight is 382 g/mol. The fourth-order valence-electron chi connectivity index (χ4n) is 2.89. The van der Waals surface area contributed by atoms with E-state index in [1.807, 2.05) is 0 Å². The van der Waals surface area contributed by atoms with Crippen LogP contribution in [0, 0.1) is 0 Å². The second kappa shape index (κ2) is 6.82. The molecular formula is C15H16ClN5O5. The number of halogens is 1. The van der Waals surface area contributed by atoms with Crippen LogP contribution in [0.15, 0.2) is 29.4 Å². The fraction of sp³-hybridized carbons (Fsp3) is 0.400. The summed E-state index contributed by atoms with van der Waals surface area (Å²) in [6.45, 7) is -0.105. The second-order valence-electron chi connectivity index (χ2n) is 5.82. The van der Waals surface area contributed by atoms with Crippen molar-refractivity contribution in [1.29, 1.82) is 0 Å². The first-order chi connectivity index (χ1) is 12.6. The van der Waals surface area contributed by atoms with Gasteiger partial charge in [-0.1, -0.05) is 11.6 Å². The summed E-state index contributed by atoms with van der Waals surface area (Å²) in [4.78, 5) is 12.6. The molecule has 4 rings (SSSR count). The molecule has 1 saturated heterocycles. The first kappa shape index (κ1) is 17.2. The lowest BCUT2D eigenvalue weighted by atomic mass is 10.1. The molecule has 4 heterocycles. The topological polar surface area (TPSA) is 139 Å². The molecule has 3 aromatic heterocycles. The highest BCUT2D eigenvalue weighted by Gasteiger charge is 2.44. The lowest BCUT2D eigenvalue weighted by Gasteiger charge is -2.16. The number of imidazole rings is 1. The molecule has 0 radical (unpaired) electrons. The van der Waals surface area contributed by atoms with E-state index < -0.39 is 31.1 Å². The summed E-state index contributed by atoms with van der Waals surface area (Å²) in [6.07, 6.45) is 0.0347. The molecule has 4 atom stereocenters. The third-order valence-corrected chi connectivity index (χ3v) is 4.59. The molecule has 3 aromatic rings. The quantitative estimate of drug-likeness (QED) is 0.491. The van der Waals surface area contributed by atoms with Gasteiger partial charge >= 0.3 is 0 Å². The monoisotopic (exact) mass is 381 g/mol. The highest BCUT2D eigenvalue weighted by Crippen LogP contribution is 2.32. The minimum atomic E-state index is -1.22. The minimum Gasteiger partial charge on any atom is -0.466 e. The van der Waals surface area contributed by atoms with Crippen LogP contribution in [-0.4, -0.2) is 59.8 Å². The summed E-state index contributed by atoms with van der Waals surface area (Å²) in [7, 11) is 0. The molecule has 1 fully saturated rings. The molecule has 26 heavy (non-hydrogen) atoms. The SMILES string of the molecule is OC[C@H]1OC(n2cnc3c(NCc4occc4Cl)ncnc32)[C@@H](O)[C@@H]1O. The van der Waals surface area contributed by atoms with Gasteiger partial charge in [0.2, 0.25) is 0 Å². The van der Waals surface area contributed by atoms with E-state index >= 15 is 0 Å². The maximum atomic E-state index is 10.2. The van der Waals surface area contributed by atoms with Gasteiger partial charge in [0.05, 0.1) is 30.8 Å². The standard InChI is InChI=1S/C15H16ClN5O5/c16-7-1-2-25-8(7)3-17-13-10-14(19-5-18-13)21(6-20-10)15-12(24)11(23)9(4-22)26-15/h1-2,5-6,9,11-12,15,22-24H,3-4H2,(H,17,18,19)/t9-,11-,12+,15?/m1/s1. The first-order valence-electron chi connectivity index (χ1n) is 7.86. The van der Waals surface area contributed by atoms with Crippen LogP contribution in [-0.2, 0) is 11.3 Å². The smallest absolute Gasteiger partial charge is 0.167 e. The number of nitrogens with one attached hydrogen (secondary N) is 1. The Balaban J connectivity index is 1.62. The molecule has 10 nitrogen and oxygen atoms in total. The molecule has 138 valence electrons. The van der Waals surface area contributed by atoms with E-state index in [1.165, 1.54) is 23.5 Å². The van der Waals surface area contributed by atoms with Gasteiger partial charge in [-0.2, -0.15) is 0 Å². The second-order valence-corrected chi connectivity index (χ2v) is 6.23. The minimum absolute atomic E-state index is 0.304. The number of hydrogen-bond acceptors (Lipinski definition) is 9. The van der Waals surface area contributed by atoms with E-state index in [-0.39, 0.29) is 0 Å². The fourth-order valence-corrected chi connectivity index (χ4v) is 3.06. The normalized spacial score (nSPS) is 25.8. The van der Waals surface area contributed by atoms with Crippen LogP contribution in [0.5, 0.6) is 0 Å². The van der Waals surface area contributed by atoms with Crippen LogP contribution in [0.4, 0.5) is 5.82 Å². The van der Waals surface area contributed by atoms with Crippen molar-refractivity contribution in [1.82, 2.24) is 19.5 Å². The van der Waals surface area contributed by atoms with Gasteiger partial charge in [-0.15, -0.1) is 0 Å². The van der Waals surface area contributed by atoms with Crippen molar-refractivity contribution in [3.8, 4) is 0 Å². The van der Waals surface area contributed by atoms with Gasteiger partial charge in [0.15, 0.2) is 23.2 Å². The number of furan rings is 1. The van der Waals surface area contributed by atoms with Crippen molar-refractivity contribution < 1.29 is 24.5 Å². The van der Waals surface area contributed by atoms with Crippen LogP contribution in [0.25, 0.3) is 11.2 Å². The zero-order valence-corrected chi connectivity index (χ0v) is 14.1. The summed E-state index contributed by atoms with van der Waals surface area (Å²) in [5.41, 5.74) is 0.857. The Labute approximate surface area is 152 Å². The van der Waals surface area contributed by atoms with Gasteiger partial charge in [0, 0.05) is 0 Å². The number of aromatic nitrogens is 4. The van der Waals surface area contributed by atoms with Crippen molar-refractivity contribution in [3.63, 3.8) is 0 Å². The summed E-state index contributed by atoms with van der Waals surface area (Å²) < 4.78 is 12.3. The average Bonchev–Trinajstić information content (AvgIpc) is 3.32. The molecule has 0 bridgehead atoms. The third-order valence-electron chi connectivity index (χ3n) is 4.26. The van der Waals surface area contributed by atoms with Crippen LogP contribution < -0.4 is 5.32 Å². The van der Waals surface area contributed by atoms with E-state index in [0.717, 1.165) is 0 Å². The number of fused-ring (bicyclic) bond motifs is 1. The Hall–Kier alpha value is -2.24.